The van der Waals surface area contributed by atoms with Gasteiger partial charge in [-0.05, 0) is 6.72 Å². The molecular formula is C5H8N2O2S. The predicted octanol–water partition coefficient (Wildman–Crippen LogP) is 0.231. The summed E-state index contributed by atoms with van der Waals surface area (Å²) in [6.45, 7) is 6.26. The molecule has 0 aromatic heterocycles. The van der Waals surface area contributed by atoms with E-state index < -0.39 is 9.84 Å². The standard InChI is InChI=1S/C5H8N2O2S/c1-4-7-5(6-2)10(3,8)9/h4H,1-2H2,3H3/b7-5+. The number of hydrogen-bond donors (Lipinski definition) is 0. The first-order valence-corrected chi connectivity index (χ1v) is 4.27. The van der Waals surface area contributed by atoms with Gasteiger partial charge in [-0.15, -0.1) is 0 Å². The highest BCUT2D eigenvalue weighted by Gasteiger charge is 2.08. The van der Waals surface area contributed by atoms with Crippen LogP contribution in [0.3, 0.4) is 0 Å². The third-order valence-corrected chi connectivity index (χ3v) is 1.57. The van der Waals surface area contributed by atoms with Crippen LogP contribution in [-0.2, 0) is 9.84 Å². The Bertz CT molecular complexity index is 263. The molecule has 0 heterocycles. The average molecular weight is 160 g/mol. The minimum absolute atomic E-state index is 0.303. The molecule has 0 amide bonds. The van der Waals surface area contributed by atoms with E-state index in [0.29, 0.717) is 0 Å². The van der Waals surface area contributed by atoms with E-state index in [4.69, 9.17) is 0 Å². The topological polar surface area (TPSA) is 58.9 Å². The second-order valence-corrected chi connectivity index (χ2v) is 3.43. The molecule has 0 saturated carbocycles. The van der Waals surface area contributed by atoms with Gasteiger partial charge in [-0.3, -0.25) is 0 Å². The molecule has 0 N–H and O–H groups in total. The zero-order valence-electron chi connectivity index (χ0n) is 5.61. The van der Waals surface area contributed by atoms with Crippen molar-refractivity contribution in [1.29, 1.82) is 0 Å². The van der Waals surface area contributed by atoms with Crippen molar-refractivity contribution in [2.24, 2.45) is 9.98 Å². The summed E-state index contributed by atoms with van der Waals surface area (Å²) in [6, 6.07) is 0. The maximum atomic E-state index is 10.6. The van der Waals surface area contributed by atoms with Gasteiger partial charge in [0.25, 0.3) is 0 Å². The van der Waals surface area contributed by atoms with E-state index in [1.54, 1.807) is 0 Å². The molecular weight excluding hydrogens is 152 g/mol. The largest absolute Gasteiger partial charge is 0.246 e. The van der Waals surface area contributed by atoms with Gasteiger partial charge in [0.15, 0.2) is 0 Å². The van der Waals surface area contributed by atoms with E-state index in [2.05, 4.69) is 23.3 Å². The molecule has 0 aliphatic rings. The Kier molecular flexibility index (Phi) is 2.95. The third-order valence-electron chi connectivity index (χ3n) is 0.669. The van der Waals surface area contributed by atoms with Gasteiger partial charge in [0.1, 0.15) is 0 Å². The fraction of sp³-hybridized carbons (Fsp3) is 0.200. The van der Waals surface area contributed by atoms with Crippen molar-refractivity contribution in [1.82, 2.24) is 0 Å². The van der Waals surface area contributed by atoms with Gasteiger partial charge in [-0.1, -0.05) is 6.58 Å². The second kappa shape index (κ2) is 3.26. The van der Waals surface area contributed by atoms with Crippen molar-refractivity contribution < 1.29 is 8.42 Å². The van der Waals surface area contributed by atoms with E-state index in [-0.39, 0.29) is 5.17 Å². The number of amidine groups is 1. The Labute approximate surface area is 59.9 Å². The van der Waals surface area contributed by atoms with Crippen LogP contribution in [-0.4, -0.2) is 26.6 Å². The molecule has 4 nitrogen and oxygen atoms in total. The van der Waals surface area contributed by atoms with Gasteiger partial charge >= 0.3 is 0 Å². The number of aliphatic imine (C=N–C) groups is 2. The predicted molar refractivity (Wildman–Crippen MR) is 42.0 cm³/mol. The molecule has 0 rings (SSSR count). The summed E-state index contributed by atoms with van der Waals surface area (Å²) in [5.41, 5.74) is 0. The summed E-state index contributed by atoms with van der Waals surface area (Å²) < 4.78 is 21.3. The summed E-state index contributed by atoms with van der Waals surface area (Å²) in [6.07, 6.45) is 2.11. The Morgan fingerprint density at radius 1 is 1.60 bits per heavy atom. The second-order valence-electron chi connectivity index (χ2n) is 1.52. The minimum Gasteiger partial charge on any atom is -0.235 e. The fourth-order valence-electron chi connectivity index (χ4n) is 0.332. The molecule has 0 atom stereocenters. The van der Waals surface area contributed by atoms with Crippen LogP contribution in [0, 0.1) is 0 Å². The molecule has 0 saturated heterocycles. The number of rotatable bonds is 1. The van der Waals surface area contributed by atoms with Crippen LogP contribution in [0.2, 0.25) is 0 Å². The van der Waals surface area contributed by atoms with Crippen LogP contribution in [0.25, 0.3) is 0 Å². The van der Waals surface area contributed by atoms with Crippen LogP contribution >= 0.6 is 0 Å². The summed E-state index contributed by atoms with van der Waals surface area (Å²) in [5, 5.41) is -0.303. The normalized spacial score (nSPS) is 12.7. The van der Waals surface area contributed by atoms with Crippen molar-refractivity contribution in [3.05, 3.63) is 12.8 Å². The summed E-state index contributed by atoms with van der Waals surface area (Å²) in [5.74, 6) is 0. The Balaban J connectivity index is 4.89. The van der Waals surface area contributed by atoms with E-state index in [0.717, 1.165) is 12.5 Å². The van der Waals surface area contributed by atoms with Crippen molar-refractivity contribution in [2.75, 3.05) is 6.26 Å². The Hall–Kier alpha value is -0.970. The van der Waals surface area contributed by atoms with Crippen molar-refractivity contribution in [2.45, 2.75) is 0 Å². The van der Waals surface area contributed by atoms with Crippen LogP contribution < -0.4 is 0 Å². The summed E-state index contributed by atoms with van der Waals surface area (Å²) in [4.78, 5) is 6.57. The first-order valence-electron chi connectivity index (χ1n) is 2.38. The lowest BCUT2D eigenvalue weighted by Gasteiger charge is -1.91. The first kappa shape index (κ1) is 9.03. The lowest BCUT2D eigenvalue weighted by molar-refractivity contribution is 0.612. The Morgan fingerprint density at radius 2 is 2.10 bits per heavy atom. The average Bonchev–Trinajstić information content (AvgIpc) is 1.80. The molecule has 0 fully saturated rings. The quantitative estimate of drug-likeness (QED) is 0.407. The molecule has 0 aromatic rings. The molecule has 5 heteroatoms. The van der Waals surface area contributed by atoms with Crippen LogP contribution in [0.1, 0.15) is 0 Å². The molecule has 0 aliphatic carbocycles. The smallest absolute Gasteiger partial charge is 0.235 e. The number of sulfone groups is 1. The SMILES string of the molecule is C=C/N=C(\N=C)S(C)(=O)=O. The number of nitrogens with zero attached hydrogens (tertiary/aromatic N) is 2. The van der Waals surface area contributed by atoms with Gasteiger partial charge in [0.05, 0.1) is 0 Å². The van der Waals surface area contributed by atoms with Crippen LogP contribution in [0.5, 0.6) is 0 Å². The summed E-state index contributed by atoms with van der Waals surface area (Å²) >= 11 is 0. The van der Waals surface area contributed by atoms with Gasteiger partial charge in [-0.2, -0.15) is 0 Å². The van der Waals surface area contributed by atoms with Gasteiger partial charge in [0.2, 0.25) is 15.0 Å². The van der Waals surface area contributed by atoms with Crippen molar-refractivity contribution in [3.8, 4) is 0 Å². The molecule has 0 radical (unpaired) electrons. The molecule has 0 spiro atoms. The van der Waals surface area contributed by atoms with E-state index >= 15 is 0 Å². The lowest BCUT2D eigenvalue weighted by atomic mass is 11.0. The molecule has 0 bridgehead atoms. The minimum atomic E-state index is -3.33. The van der Waals surface area contributed by atoms with Crippen LogP contribution in [0.15, 0.2) is 22.8 Å². The highest BCUT2D eigenvalue weighted by atomic mass is 32.2. The van der Waals surface area contributed by atoms with E-state index in [9.17, 15) is 8.42 Å². The highest BCUT2D eigenvalue weighted by molar-refractivity contribution is 8.05. The maximum Gasteiger partial charge on any atom is 0.246 e. The van der Waals surface area contributed by atoms with Gasteiger partial charge in [0, 0.05) is 12.5 Å². The highest BCUT2D eigenvalue weighted by Crippen LogP contribution is 1.90. The maximum absolute atomic E-state index is 10.6. The molecule has 56 valence electrons. The van der Waals surface area contributed by atoms with Gasteiger partial charge < -0.3 is 0 Å². The van der Waals surface area contributed by atoms with Gasteiger partial charge in [-0.25, -0.2) is 18.4 Å². The zero-order valence-corrected chi connectivity index (χ0v) is 6.43. The molecule has 0 unspecified atom stereocenters. The zero-order chi connectivity index (χ0) is 8.20. The van der Waals surface area contributed by atoms with Crippen LogP contribution in [0.4, 0.5) is 0 Å². The molecule has 0 aromatic carbocycles. The van der Waals surface area contributed by atoms with E-state index in [1.807, 2.05) is 0 Å². The lowest BCUT2D eigenvalue weighted by Crippen LogP contribution is -2.08. The number of hydrogen-bond acceptors (Lipinski definition) is 3. The molecule has 0 aliphatic heterocycles. The molecule has 10 heavy (non-hydrogen) atoms. The first-order chi connectivity index (χ1) is 4.52. The monoisotopic (exact) mass is 160 g/mol. The fourth-order valence-corrected chi connectivity index (χ4v) is 0.832. The van der Waals surface area contributed by atoms with Crippen molar-refractivity contribution >= 4 is 21.7 Å². The summed E-state index contributed by atoms with van der Waals surface area (Å²) in [7, 11) is -3.33. The Morgan fingerprint density at radius 3 is 2.20 bits per heavy atom. The van der Waals surface area contributed by atoms with Crippen molar-refractivity contribution in [3.63, 3.8) is 0 Å². The third kappa shape index (κ3) is 2.54. The van der Waals surface area contributed by atoms with E-state index in [1.165, 1.54) is 0 Å².